The zero-order chi connectivity index (χ0) is 8.69. The predicted molar refractivity (Wildman–Crippen MR) is 44.5 cm³/mol. The van der Waals surface area contributed by atoms with Gasteiger partial charge in [-0.15, -0.1) is 11.6 Å². The van der Waals surface area contributed by atoms with Crippen molar-refractivity contribution >= 4 is 17.6 Å². The summed E-state index contributed by atoms with van der Waals surface area (Å²) in [5.74, 6) is 0.0651. The largest absolute Gasteiger partial charge is 0.444 e. The fourth-order valence-electron chi connectivity index (χ4n) is 0.522. The third kappa shape index (κ3) is 5.88. The molecule has 0 fully saturated rings. The number of carbonyl (C=O) groups excluding carboxylic acids is 1. The summed E-state index contributed by atoms with van der Waals surface area (Å²) in [6.07, 6.45) is 0.818. The predicted octanol–water partition coefficient (Wildman–Crippen LogP) is 0.890. The molecule has 0 saturated heterocycles. The summed E-state index contributed by atoms with van der Waals surface area (Å²) in [4.78, 5) is 10.6. The Morgan fingerprint density at radius 1 is 1.91 bits per heavy atom. The summed E-state index contributed by atoms with van der Waals surface area (Å²) in [5.41, 5.74) is 0. The summed E-state index contributed by atoms with van der Waals surface area (Å²) in [5, 5.41) is 2.87. The molecule has 0 amide bonds. The van der Waals surface area contributed by atoms with Gasteiger partial charge in [-0.2, -0.15) is 0 Å². The quantitative estimate of drug-likeness (QED) is 0.293. The molecule has 0 radical (unpaired) electrons. The molecule has 0 aromatic rings. The molecular formula is C7H12ClNO2. The van der Waals surface area contributed by atoms with Crippen LogP contribution in [-0.4, -0.2) is 24.6 Å². The molecule has 0 aliphatic heterocycles. The molecule has 0 heterocycles. The van der Waals surface area contributed by atoms with Gasteiger partial charge in [0.2, 0.25) is 0 Å². The Morgan fingerprint density at radius 3 is 3.00 bits per heavy atom. The molecule has 0 spiro atoms. The van der Waals surface area contributed by atoms with Crippen LogP contribution in [0.15, 0.2) is 12.7 Å². The number of carbonyl (C=O) groups is 1. The van der Waals surface area contributed by atoms with Crippen LogP contribution in [0.2, 0.25) is 0 Å². The zero-order valence-corrected chi connectivity index (χ0v) is 7.23. The van der Waals surface area contributed by atoms with Crippen LogP contribution < -0.4 is 5.32 Å². The van der Waals surface area contributed by atoms with E-state index in [0.29, 0.717) is 12.4 Å². The first kappa shape index (κ1) is 10.5. The Labute approximate surface area is 71.4 Å². The Balaban J connectivity index is 3.43. The number of halogens is 1. The minimum atomic E-state index is -0.431. The maximum Gasteiger partial charge on any atom is 0.331 e. The highest BCUT2D eigenvalue weighted by Gasteiger charge is 2.03. The van der Waals surface area contributed by atoms with E-state index < -0.39 is 5.97 Å². The van der Waals surface area contributed by atoms with E-state index in [2.05, 4.69) is 11.9 Å². The summed E-state index contributed by atoms with van der Waals surface area (Å²) < 4.78 is 4.77. The molecule has 0 aromatic carbocycles. The van der Waals surface area contributed by atoms with E-state index in [1.54, 1.807) is 6.92 Å². The van der Waals surface area contributed by atoms with E-state index in [1.165, 1.54) is 0 Å². The van der Waals surface area contributed by atoms with E-state index >= 15 is 0 Å². The minimum absolute atomic E-state index is 0.306. The Hall–Kier alpha value is -0.540. The maximum atomic E-state index is 10.6. The van der Waals surface area contributed by atoms with Crippen LogP contribution in [0.4, 0.5) is 0 Å². The molecule has 0 saturated carbocycles. The third-order valence-corrected chi connectivity index (χ3v) is 1.17. The molecule has 3 nitrogen and oxygen atoms in total. The SMILES string of the molecule is C=CC(=O)OC(C)NCCCl. The highest BCUT2D eigenvalue weighted by atomic mass is 35.5. The molecule has 0 aliphatic carbocycles. The van der Waals surface area contributed by atoms with Gasteiger partial charge in [0, 0.05) is 18.5 Å². The number of alkyl halides is 1. The van der Waals surface area contributed by atoms with Gasteiger partial charge in [-0.1, -0.05) is 6.58 Å². The van der Waals surface area contributed by atoms with Crippen LogP contribution >= 0.6 is 11.6 Å². The lowest BCUT2D eigenvalue weighted by molar-refractivity contribution is -0.143. The standard InChI is InChI=1S/C7H12ClNO2/c1-3-7(10)11-6(2)9-5-4-8/h3,6,9H,1,4-5H2,2H3. The number of rotatable bonds is 5. The van der Waals surface area contributed by atoms with Gasteiger partial charge >= 0.3 is 5.97 Å². The van der Waals surface area contributed by atoms with Gasteiger partial charge in [-0.3, -0.25) is 5.32 Å². The summed E-state index contributed by atoms with van der Waals surface area (Å²) >= 11 is 5.39. The number of nitrogens with one attached hydrogen (secondary N) is 1. The first-order valence-electron chi connectivity index (χ1n) is 3.33. The lowest BCUT2D eigenvalue weighted by Gasteiger charge is -2.11. The van der Waals surface area contributed by atoms with Crippen molar-refractivity contribution in [3.05, 3.63) is 12.7 Å². The second-order valence-electron chi connectivity index (χ2n) is 1.93. The highest BCUT2D eigenvalue weighted by molar-refractivity contribution is 6.18. The summed E-state index contributed by atoms with van der Waals surface area (Å²) in [6.45, 7) is 5.61. The lowest BCUT2D eigenvalue weighted by atomic mass is 10.6. The van der Waals surface area contributed by atoms with Crippen molar-refractivity contribution in [3.63, 3.8) is 0 Å². The summed E-state index contributed by atoms with van der Waals surface area (Å²) in [6, 6.07) is 0. The number of hydrogen-bond donors (Lipinski definition) is 1. The average Bonchev–Trinajstić information content (AvgIpc) is 2.00. The van der Waals surface area contributed by atoms with E-state index in [-0.39, 0.29) is 6.23 Å². The van der Waals surface area contributed by atoms with Gasteiger partial charge < -0.3 is 4.74 Å². The average molecular weight is 178 g/mol. The topological polar surface area (TPSA) is 38.3 Å². The number of hydrogen-bond acceptors (Lipinski definition) is 3. The van der Waals surface area contributed by atoms with Crippen LogP contribution in [-0.2, 0) is 9.53 Å². The van der Waals surface area contributed by atoms with Crippen molar-refractivity contribution in [2.75, 3.05) is 12.4 Å². The zero-order valence-electron chi connectivity index (χ0n) is 6.47. The van der Waals surface area contributed by atoms with Crippen LogP contribution in [0.25, 0.3) is 0 Å². The van der Waals surface area contributed by atoms with Gasteiger partial charge in [-0.25, -0.2) is 4.79 Å². The Morgan fingerprint density at radius 2 is 2.55 bits per heavy atom. The third-order valence-electron chi connectivity index (χ3n) is 0.986. The number of ether oxygens (including phenoxy) is 1. The van der Waals surface area contributed by atoms with Crippen molar-refractivity contribution in [2.45, 2.75) is 13.2 Å². The van der Waals surface area contributed by atoms with Crippen LogP contribution in [0.3, 0.4) is 0 Å². The monoisotopic (exact) mass is 177 g/mol. The normalized spacial score (nSPS) is 12.2. The van der Waals surface area contributed by atoms with Gasteiger partial charge in [0.25, 0.3) is 0 Å². The lowest BCUT2D eigenvalue weighted by Crippen LogP contribution is -2.31. The van der Waals surface area contributed by atoms with E-state index in [0.717, 1.165) is 6.08 Å². The minimum Gasteiger partial charge on any atom is -0.444 e. The Bertz CT molecular complexity index is 138. The molecule has 11 heavy (non-hydrogen) atoms. The van der Waals surface area contributed by atoms with Crippen LogP contribution in [0.5, 0.6) is 0 Å². The van der Waals surface area contributed by atoms with E-state index in [1.807, 2.05) is 0 Å². The first-order chi connectivity index (χ1) is 5.20. The van der Waals surface area contributed by atoms with Gasteiger partial charge in [0.1, 0.15) is 0 Å². The number of esters is 1. The first-order valence-corrected chi connectivity index (χ1v) is 3.86. The van der Waals surface area contributed by atoms with Crippen molar-refractivity contribution in [3.8, 4) is 0 Å². The molecule has 1 atom stereocenters. The molecular weight excluding hydrogens is 166 g/mol. The molecule has 0 aromatic heterocycles. The van der Waals surface area contributed by atoms with Crippen molar-refractivity contribution in [1.29, 1.82) is 0 Å². The van der Waals surface area contributed by atoms with Gasteiger partial charge in [-0.05, 0) is 6.92 Å². The Kier molecular flexibility index (Phi) is 5.88. The molecule has 0 rings (SSSR count). The van der Waals surface area contributed by atoms with Crippen molar-refractivity contribution < 1.29 is 9.53 Å². The van der Waals surface area contributed by atoms with Crippen LogP contribution in [0.1, 0.15) is 6.92 Å². The maximum absolute atomic E-state index is 10.6. The molecule has 0 aliphatic rings. The fourth-order valence-corrected chi connectivity index (χ4v) is 0.631. The molecule has 1 N–H and O–H groups in total. The second-order valence-corrected chi connectivity index (χ2v) is 2.30. The van der Waals surface area contributed by atoms with E-state index in [9.17, 15) is 4.79 Å². The second kappa shape index (κ2) is 6.19. The highest BCUT2D eigenvalue weighted by Crippen LogP contribution is 1.87. The van der Waals surface area contributed by atoms with Crippen molar-refractivity contribution in [2.24, 2.45) is 0 Å². The summed E-state index contributed by atoms with van der Waals surface area (Å²) in [7, 11) is 0. The van der Waals surface area contributed by atoms with Crippen LogP contribution in [0, 0.1) is 0 Å². The van der Waals surface area contributed by atoms with Crippen molar-refractivity contribution in [1.82, 2.24) is 5.32 Å². The molecule has 0 bridgehead atoms. The molecule has 1 unspecified atom stereocenters. The fraction of sp³-hybridized carbons (Fsp3) is 0.571. The molecule has 64 valence electrons. The van der Waals surface area contributed by atoms with Gasteiger partial charge in [0.05, 0.1) is 0 Å². The smallest absolute Gasteiger partial charge is 0.331 e. The van der Waals surface area contributed by atoms with E-state index in [4.69, 9.17) is 16.3 Å². The van der Waals surface area contributed by atoms with Gasteiger partial charge in [0.15, 0.2) is 6.23 Å². The molecule has 4 heteroatoms.